The summed E-state index contributed by atoms with van der Waals surface area (Å²) >= 11 is 1.81. The second kappa shape index (κ2) is 7.96. The fourth-order valence-corrected chi connectivity index (χ4v) is 3.02. The summed E-state index contributed by atoms with van der Waals surface area (Å²) in [5.41, 5.74) is 0. The Morgan fingerprint density at radius 3 is 2.81 bits per heavy atom. The smallest absolute Gasteiger partial charge is 0.230 e. The quantitative estimate of drug-likeness (QED) is 0.748. The minimum atomic E-state index is 0.199. The average molecular weight is 244 g/mol. The van der Waals surface area contributed by atoms with Crippen LogP contribution in [0.2, 0.25) is 0 Å². The molecule has 1 amide bonds. The highest BCUT2D eigenvalue weighted by molar-refractivity contribution is 8.00. The highest BCUT2D eigenvalue weighted by Crippen LogP contribution is 2.19. The standard InChI is InChI=1S/C12H24N2OS/c1-3-4-10(2)14-12(15)9-16-11-5-7-13-8-6-11/h10-11,13H,3-9H2,1-2H3,(H,14,15). The molecule has 0 bridgehead atoms. The van der Waals surface area contributed by atoms with Gasteiger partial charge in [0, 0.05) is 11.3 Å². The van der Waals surface area contributed by atoms with Crippen molar-refractivity contribution in [1.82, 2.24) is 10.6 Å². The number of thioether (sulfide) groups is 1. The van der Waals surface area contributed by atoms with Crippen molar-refractivity contribution in [2.45, 2.75) is 50.8 Å². The van der Waals surface area contributed by atoms with Gasteiger partial charge in [0.05, 0.1) is 5.75 Å². The zero-order valence-electron chi connectivity index (χ0n) is 10.4. The third-order valence-corrected chi connectivity index (χ3v) is 4.24. The first-order valence-electron chi connectivity index (χ1n) is 6.34. The summed E-state index contributed by atoms with van der Waals surface area (Å²) in [5.74, 6) is 0.822. The van der Waals surface area contributed by atoms with E-state index in [0.29, 0.717) is 17.0 Å². The van der Waals surface area contributed by atoms with Crippen LogP contribution >= 0.6 is 11.8 Å². The monoisotopic (exact) mass is 244 g/mol. The van der Waals surface area contributed by atoms with Gasteiger partial charge in [0.25, 0.3) is 0 Å². The Labute approximate surface area is 103 Å². The molecular formula is C12H24N2OS. The molecule has 1 atom stereocenters. The predicted molar refractivity (Wildman–Crippen MR) is 70.9 cm³/mol. The number of rotatable bonds is 6. The van der Waals surface area contributed by atoms with Gasteiger partial charge in [-0.2, -0.15) is 0 Å². The summed E-state index contributed by atoms with van der Waals surface area (Å²) < 4.78 is 0. The van der Waals surface area contributed by atoms with E-state index in [1.807, 2.05) is 11.8 Å². The number of amides is 1. The highest BCUT2D eigenvalue weighted by Gasteiger charge is 2.15. The number of carbonyl (C=O) groups excluding carboxylic acids is 1. The van der Waals surface area contributed by atoms with E-state index >= 15 is 0 Å². The zero-order chi connectivity index (χ0) is 11.8. The van der Waals surface area contributed by atoms with Gasteiger partial charge in [-0.1, -0.05) is 13.3 Å². The molecular weight excluding hydrogens is 220 g/mol. The molecule has 0 aromatic heterocycles. The van der Waals surface area contributed by atoms with Crippen LogP contribution in [0.15, 0.2) is 0 Å². The van der Waals surface area contributed by atoms with Crippen LogP contribution in [0, 0.1) is 0 Å². The maximum absolute atomic E-state index is 11.6. The highest BCUT2D eigenvalue weighted by atomic mass is 32.2. The molecule has 2 N–H and O–H groups in total. The van der Waals surface area contributed by atoms with Crippen molar-refractivity contribution in [3.63, 3.8) is 0 Å². The number of nitrogens with one attached hydrogen (secondary N) is 2. The minimum Gasteiger partial charge on any atom is -0.353 e. The molecule has 3 nitrogen and oxygen atoms in total. The van der Waals surface area contributed by atoms with Gasteiger partial charge in [0.15, 0.2) is 0 Å². The minimum absolute atomic E-state index is 0.199. The molecule has 94 valence electrons. The van der Waals surface area contributed by atoms with Crippen molar-refractivity contribution in [3.8, 4) is 0 Å². The molecule has 1 aliphatic rings. The van der Waals surface area contributed by atoms with Gasteiger partial charge in [-0.25, -0.2) is 0 Å². The van der Waals surface area contributed by atoms with Crippen molar-refractivity contribution >= 4 is 17.7 Å². The largest absolute Gasteiger partial charge is 0.353 e. The van der Waals surface area contributed by atoms with E-state index in [1.165, 1.54) is 12.8 Å². The molecule has 4 heteroatoms. The fourth-order valence-electron chi connectivity index (χ4n) is 1.98. The van der Waals surface area contributed by atoms with Crippen LogP contribution in [-0.2, 0) is 4.79 Å². The molecule has 1 aliphatic heterocycles. The Morgan fingerprint density at radius 2 is 2.19 bits per heavy atom. The van der Waals surface area contributed by atoms with Crippen molar-refractivity contribution in [2.24, 2.45) is 0 Å². The van der Waals surface area contributed by atoms with Crippen molar-refractivity contribution in [2.75, 3.05) is 18.8 Å². The summed E-state index contributed by atoms with van der Waals surface area (Å²) in [6.07, 6.45) is 4.59. The molecule has 1 unspecified atom stereocenters. The second-order valence-corrected chi connectivity index (χ2v) is 5.81. The molecule has 1 rings (SSSR count). The molecule has 1 saturated heterocycles. The Morgan fingerprint density at radius 1 is 1.50 bits per heavy atom. The Balaban J connectivity index is 2.09. The van der Waals surface area contributed by atoms with E-state index in [4.69, 9.17) is 0 Å². The molecule has 0 aliphatic carbocycles. The van der Waals surface area contributed by atoms with Crippen molar-refractivity contribution in [3.05, 3.63) is 0 Å². The summed E-state index contributed by atoms with van der Waals surface area (Å²) in [7, 11) is 0. The van der Waals surface area contributed by atoms with Gasteiger partial charge < -0.3 is 10.6 Å². The summed E-state index contributed by atoms with van der Waals surface area (Å²) in [5, 5.41) is 7.06. The molecule has 1 fully saturated rings. The Kier molecular flexibility index (Phi) is 6.88. The van der Waals surface area contributed by atoms with Crippen molar-refractivity contribution < 1.29 is 4.79 Å². The van der Waals surface area contributed by atoms with Crippen LogP contribution in [0.5, 0.6) is 0 Å². The summed E-state index contributed by atoms with van der Waals surface area (Å²) in [6.45, 7) is 6.43. The Bertz CT molecular complexity index is 205. The molecule has 1 heterocycles. The van der Waals surface area contributed by atoms with Crippen LogP contribution in [-0.4, -0.2) is 36.0 Å². The van der Waals surface area contributed by atoms with E-state index in [0.717, 1.165) is 25.9 Å². The van der Waals surface area contributed by atoms with E-state index in [-0.39, 0.29) is 5.91 Å². The molecule has 0 aromatic carbocycles. The average Bonchev–Trinajstić information content (AvgIpc) is 2.28. The number of hydrogen-bond donors (Lipinski definition) is 2. The van der Waals surface area contributed by atoms with Crippen molar-refractivity contribution in [1.29, 1.82) is 0 Å². The molecule has 0 spiro atoms. The first-order valence-corrected chi connectivity index (χ1v) is 7.39. The lowest BCUT2D eigenvalue weighted by Crippen LogP contribution is -2.35. The molecule has 0 aromatic rings. The second-order valence-electron chi connectivity index (χ2n) is 4.52. The van der Waals surface area contributed by atoms with Gasteiger partial charge in [0.1, 0.15) is 0 Å². The topological polar surface area (TPSA) is 41.1 Å². The lowest BCUT2D eigenvalue weighted by Gasteiger charge is -2.22. The normalized spacial score (nSPS) is 19.4. The van der Waals surface area contributed by atoms with Gasteiger partial charge in [0.2, 0.25) is 5.91 Å². The number of carbonyl (C=O) groups is 1. The maximum Gasteiger partial charge on any atom is 0.230 e. The van der Waals surface area contributed by atoms with Crippen LogP contribution < -0.4 is 10.6 Å². The summed E-state index contributed by atoms with van der Waals surface area (Å²) in [4.78, 5) is 11.6. The predicted octanol–water partition coefficient (Wildman–Crippen LogP) is 1.78. The van der Waals surface area contributed by atoms with E-state index in [9.17, 15) is 4.79 Å². The van der Waals surface area contributed by atoms with Gasteiger partial charge in [-0.05, 0) is 39.3 Å². The van der Waals surface area contributed by atoms with E-state index < -0.39 is 0 Å². The van der Waals surface area contributed by atoms with Gasteiger partial charge >= 0.3 is 0 Å². The zero-order valence-corrected chi connectivity index (χ0v) is 11.2. The maximum atomic E-state index is 11.6. The molecule has 0 radical (unpaired) electrons. The van der Waals surface area contributed by atoms with Crippen LogP contribution in [0.25, 0.3) is 0 Å². The molecule has 0 saturated carbocycles. The number of hydrogen-bond acceptors (Lipinski definition) is 3. The lowest BCUT2D eigenvalue weighted by atomic mass is 10.2. The van der Waals surface area contributed by atoms with Gasteiger partial charge in [-0.3, -0.25) is 4.79 Å². The van der Waals surface area contributed by atoms with Gasteiger partial charge in [-0.15, -0.1) is 11.8 Å². The fraction of sp³-hybridized carbons (Fsp3) is 0.917. The SMILES string of the molecule is CCCC(C)NC(=O)CSC1CCNCC1. The Hall–Kier alpha value is -0.220. The first-order chi connectivity index (χ1) is 7.72. The van der Waals surface area contributed by atoms with Crippen LogP contribution in [0.3, 0.4) is 0 Å². The molecule has 16 heavy (non-hydrogen) atoms. The third-order valence-electron chi connectivity index (χ3n) is 2.87. The van der Waals surface area contributed by atoms with Crippen LogP contribution in [0.1, 0.15) is 39.5 Å². The van der Waals surface area contributed by atoms with E-state index in [2.05, 4.69) is 24.5 Å². The van der Waals surface area contributed by atoms with E-state index in [1.54, 1.807) is 0 Å². The van der Waals surface area contributed by atoms with Crippen LogP contribution in [0.4, 0.5) is 0 Å². The number of piperidine rings is 1. The lowest BCUT2D eigenvalue weighted by molar-refractivity contribution is -0.119. The third kappa shape index (κ3) is 5.75. The first kappa shape index (κ1) is 13.8. The summed E-state index contributed by atoms with van der Waals surface area (Å²) in [6, 6.07) is 0.325.